The summed E-state index contributed by atoms with van der Waals surface area (Å²) >= 11 is 2.34. The van der Waals surface area contributed by atoms with E-state index in [0.717, 1.165) is 19.1 Å². The predicted octanol–water partition coefficient (Wildman–Crippen LogP) is 2.86. The van der Waals surface area contributed by atoms with Gasteiger partial charge in [0, 0.05) is 28.7 Å². The molecular formula is C14H21IN2. The maximum atomic E-state index is 3.54. The van der Waals surface area contributed by atoms with Gasteiger partial charge >= 0.3 is 0 Å². The fraction of sp³-hybridized carbons (Fsp3) is 0.571. The minimum atomic E-state index is 0.631. The van der Waals surface area contributed by atoms with E-state index in [9.17, 15) is 0 Å². The Morgan fingerprint density at radius 2 is 2.00 bits per heavy atom. The van der Waals surface area contributed by atoms with Gasteiger partial charge in [0.05, 0.1) is 0 Å². The minimum Gasteiger partial charge on any atom is -0.311 e. The Balaban J connectivity index is 1.69. The van der Waals surface area contributed by atoms with Gasteiger partial charge in [0.1, 0.15) is 0 Å². The molecule has 0 amide bonds. The lowest BCUT2D eigenvalue weighted by atomic mass is 10.2. The molecule has 0 radical (unpaired) electrons. The summed E-state index contributed by atoms with van der Waals surface area (Å²) in [7, 11) is 2.24. The van der Waals surface area contributed by atoms with Gasteiger partial charge in [0.25, 0.3) is 0 Å². The third-order valence-corrected chi connectivity index (χ3v) is 4.22. The van der Waals surface area contributed by atoms with Crippen LogP contribution in [0.15, 0.2) is 24.3 Å². The molecule has 0 bridgehead atoms. The van der Waals surface area contributed by atoms with Gasteiger partial charge in [-0.15, -0.1) is 0 Å². The van der Waals surface area contributed by atoms with Crippen LogP contribution in [0.2, 0.25) is 0 Å². The van der Waals surface area contributed by atoms with Gasteiger partial charge in [-0.2, -0.15) is 0 Å². The van der Waals surface area contributed by atoms with Crippen molar-refractivity contribution in [2.75, 3.05) is 13.6 Å². The molecule has 1 aliphatic carbocycles. The molecule has 94 valence electrons. The van der Waals surface area contributed by atoms with Gasteiger partial charge in [-0.3, -0.25) is 4.90 Å². The first kappa shape index (κ1) is 13.3. The molecule has 3 heteroatoms. The molecule has 1 unspecified atom stereocenters. The topological polar surface area (TPSA) is 15.3 Å². The fourth-order valence-electron chi connectivity index (χ4n) is 2.01. The molecule has 1 N–H and O–H groups in total. The highest BCUT2D eigenvalue weighted by molar-refractivity contribution is 14.1. The molecule has 1 aromatic rings. The van der Waals surface area contributed by atoms with Gasteiger partial charge in [-0.05, 0) is 67.1 Å². The van der Waals surface area contributed by atoms with Crippen molar-refractivity contribution in [2.45, 2.75) is 38.4 Å². The summed E-state index contributed by atoms with van der Waals surface area (Å²) in [6.45, 7) is 4.35. The van der Waals surface area contributed by atoms with E-state index < -0.39 is 0 Å². The number of hydrogen-bond donors (Lipinski definition) is 1. The maximum Gasteiger partial charge on any atom is 0.0206 e. The van der Waals surface area contributed by atoms with Crippen LogP contribution in [-0.4, -0.2) is 30.6 Å². The lowest BCUT2D eigenvalue weighted by molar-refractivity contribution is 0.241. The molecule has 17 heavy (non-hydrogen) atoms. The SMILES string of the molecule is CC(CNCc1ccc(I)cc1)N(C)C1CC1. The standard InChI is InChI=1S/C14H21IN2/c1-11(17(2)14-7-8-14)9-16-10-12-3-5-13(15)6-4-12/h3-6,11,14,16H,7-10H2,1-2H3. The van der Waals surface area contributed by atoms with E-state index >= 15 is 0 Å². The molecule has 0 aliphatic heterocycles. The van der Waals surface area contributed by atoms with Crippen LogP contribution in [0.4, 0.5) is 0 Å². The van der Waals surface area contributed by atoms with E-state index in [1.54, 1.807) is 0 Å². The van der Waals surface area contributed by atoms with E-state index in [1.807, 2.05) is 0 Å². The summed E-state index contributed by atoms with van der Waals surface area (Å²) in [6, 6.07) is 10.2. The van der Waals surface area contributed by atoms with Crippen molar-refractivity contribution in [3.05, 3.63) is 33.4 Å². The zero-order valence-corrected chi connectivity index (χ0v) is 12.8. The first-order valence-corrected chi connectivity index (χ1v) is 7.42. The quantitative estimate of drug-likeness (QED) is 0.799. The molecule has 0 saturated heterocycles. The van der Waals surface area contributed by atoms with Crippen LogP contribution < -0.4 is 5.32 Å². The third kappa shape index (κ3) is 4.23. The van der Waals surface area contributed by atoms with Gasteiger partial charge in [0.15, 0.2) is 0 Å². The van der Waals surface area contributed by atoms with Gasteiger partial charge in [0.2, 0.25) is 0 Å². The van der Waals surface area contributed by atoms with Crippen molar-refractivity contribution in [3.63, 3.8) is 0 Å². The number of rotatable bonds is 6. The molecule has 1 fully saturated rings. The Bertz CT molecular complexity index is 346. The first-order chi connectivity index (χ1) is 8.16. The van der Waals surface area contributed by atoms with Crippen molar-refractivity contribution in [1.29, 1.82) is 0 Å². The monoisotopic (exact) mass is 344 g/mol. The average molecular weight is 344 g/mol. The molecule has 0 aromatic heterocycles. The second-order valence-electron chi connectivity index (χ2n) is 5.00. The van der Waals surface area contributed by atoms with E-state index in [0.29, 0.717) is 6.04 Å². The Morgan fingerprint density at radius 3 is 2.59 bits per heavy atom. The van der Waals surface area contributed by atoms with Crippen LogP contribution in [0.5, 0.6) is 0 Å². The molecule has 1 atom stereocenters. The number of nitrogens with zero attached hydrogens (tertiary/aromatic N) is 1. The molecule has 1 aliphatic rings. The lowest BCUT2D eigenvalue weighted by Crippen LogP contribution is -2.38. The summed E-state index contributed by atoms with van der Waals surface area (Å²) in [4.78, 5) is 2.50. The molecule has 0 spiro atoms. The highest BCUT2D eigenvalue weighted by Crippen LogP contribution is 2.26. The molecule has 1 aromatic carbocycles. The van der Waals surface area contributed by atoms with Crippen LogP contribution in [0.3, 0.4) is 0 Å². The molecule has 2 nitrogen and oxygen atoms in total. The Kier molecular flexibility index (Phi) is 4.82. The van der Waals surface area contributed by atoms with E-state index in [1.165, 1.54) is 22.0 Å². The second-order valence-corrected chi connectivity index (χ2v) is 6.25. The van der Waals surface area contributed by atoms with Gasteiger partial charge < -0.3 is 5.32 Å². The second kappa shape index (κ2) is 6.16. The number of benzene rings is 1. The van der Waals surface area contributed by atoms with Crippen LogP contribution in [0, 0.1) is 3.57 Å². The van der Waals surface area contributed by atoms with Crippen molar-refractivity contribution in [1.82, 2.24) is 10.2 Å². The summed E-state index contributed by atoms with van der Waals surface area (Å²) in [6.07, 6.45) is 2.77. The fourth-order valence-corrected chi connectivity index (χ4v) is 2.37. The van der Waals surface area contributed by atoms with Crippen molar-refractivity contribution in [3.8, 4) is 0 Å². The molecule has 1 saturated carbocycles. The first-order valence-electron chi connectivity index (χ1n) is 6.34. The summed E-state index contributed by atoms with van der Waals surface area (Å²) in [5, 5.41) is 3.54. The summed E-state index contributed by atoms with van der Waals surface area (Å²) in [5.41, 5.74) is 1.37. The molecule has 0 heterocycles. The minimum absolute atomic E-state index is 0.631. The largest absolute Gasteiger partial charge is 0.311 e. The highest BCUT2D eigenvalue weighted by Gasteiger charge is 2.28. The lowest BCUT2D eigenvalue weighted by Gasteiger charge is -2.24. The normalized spacial score (nSPS) is 17.4. The molecule has 2 rings (SSSR count). The van der Waals surface area contributed by atoms with Crippen LogP contribution in [-0.2, 0) is 6.54 Å². The van der Waals surface area contributed by atoms with Gasteiger partial charge in [-0.1, -0.05) is 12.1 Å². The van der Waals surface area contributed by atoms with E-state index in [2.05, 4.69) is 71.0 Å². The number of halogens is 1. The third-order valence-electron chi connectivity index (χ3n) is 3.50. The Hall–Kier alpha value is -0.130. The summed E-state index contributed by atoms with van der Waals surface area (Å²) in [5.74, 6) is 0. The number of hydrogen-bond acceptors (Lipinski definition) is 2. The van der Waals surface area contributed by atoms with E-state index in [4.69, 9.17) is 0 Å². The number of nitrogens with one attached hydrogen (secondary N) is 1. The smallest absolute Gasteiger partial charge is 0.0206 e. The van der Waals surface area contributed by atoms with Crippen molar-refractivity contribution >= 4 is 22.6 Å². The average Bonchev–Trinajstić information content (AvgIpc) is 3.14. The highest BCUT2D eigenvalue weighted by atomic mass is 127. The number of likely N-dealkylation sites (N-methyl/N-ethyl adjacent to an activating group) is 1. The predicted molar refractivity (Wildman–Crippen MR) is 81.1 cm³/mol. The zero-order chi connectivity index (χ0) is 12.3. The van der Waals surface area contributed by atoms with Crippen LogP contribution in [0.1, 0.15) is 25.3 Å². The molecular weight excluding hydrogens is 323 g/mol. The van der Waals surface area contributed by atoms with E-state index in [-0.39, 0.29) is 0 Å². The van der Waals surface area contributed by atoms with Crippen molar-refractivity contribution < 1.29 is 0 Å². The Labute approximate surface area is 118 Å². The van der Waals surface area contributed by atoms with Gasteiger partial charge in [-0.25, -0.2) is 0 Å². The van der Waals surface area contributed by atoms with Crippen molar-refractivity contribution in [2.24, 2.45) is 0 Å². The van der Waals surface area contributed by atoms with Crippen LogP contribution in [0.25, 0.3) is 0 Å². The zero-order valence-electron chi connectivity index (χ0n) is 10.6. The summed E-state index contributed by atoms with van der Waals surface area (Å²) < 4.78 is 1.30. The Morgan fingerprint density at radius 1 is 1.35 bits per heavy atom. The van der Waals surface area contributed by atoms with Crippen LogP contribution >= 0.6 is 22.6 Å². The maximum absolute atomic E-state index is 3.54.